The van der Waals surface area contributed by atoms with Gasteiger partial charge in [0.1, 0.15) is 5.75 Å². The van der Waals surface area contributed by atoms with Gasteiger partial charge in [0.15, 0.2) is 0 Å². The fourth-order valence-electron chi connectivity index (χ4n) is 2.57. The van der Waals surface area contributed by atoms with Crippen LogP contribution in [0.3, 0.4) is 0 Å². The number of aryl methyl sites for hydroxylation is 1. The van der Waals surface area contributed by atoms with Crippen molar-refractivity contribution in [1.82, 2.24) is 0 Å². The summed E-state index contributed by atoms with van der Waals surface area (Å²) in [6, 6.07) is 14.1. The van der Waals surface area contributed by atoms with E-state index in [9.17, 15) is 14.7 Å². The molecule has 1 aliphatic heterocycles. The summed E-state index contributed by atoms with van der Waals surface area (Å²) in [6.07, 6.45) is 1.52. The highest BCUT2D eigenvalue weighted by Gasteiger charge is 2.24. The molecule has 0 unspecified atom stereocenters. The number of carbonyl (C=O) groups excluding carboxylic acids is 2. The quantitative estimate of drug-likeness (QED) is 0.746. The maximum atomic E-state index is 12.3. The van der Waals surface area contributed by atoms with Crippen molar-refractivity contribution >= 4 is 35.0 Å². The van der Waals surface area contributed by atoms with Crippen LogP contribution in [0.1, 0.15) is 12.0 Å². The lowest BCUT2D eigenvalue weighted by Gasteiger charge is -2.12. The minimum Gasteiger partial charge on any atom is -0.508 e. The Morgan fingerprint density at radius 3 is 2.75 bits per heavy atom. The van der Waals surface area contributed by atoms with Gasteiger partial charge in [-0.05, 0) is 48.7 Å². The van der Waals surface area contributed by atoms with E-state index in [1.165, 1.54) is 23.9 Å². The molecule has 0 aliphatic carbocycles. The SMILES string of the molecule is O=C(CS[C@H]1CCc2ccccc2NC1=O)Nc1ccc(O)cc1. The van der Waals surface area contributed by atoms with Crippen LogP contribution in [-0.2, 0) is 16.0 Å². The number of nitrogens with one attached hydrogen (secondary N) is 2. The predicted octanol–water partition coefficient (Wildman–Crippen LogP) is 3.02. The monoisotopic (exact) mass is 342 g/mol. The zero-order chi connectivity index (χ0) is 16.9. The van der Waals surface area contributed by atoms with E-state index < -0.39 is 0 Å². The van der Waals surface area contributed by atoms with Gasteiger partial charge in [-0.3, -0.25) is 9.59 Å². The first-order valence-corrected chi connectivity index (χ1v) is 8.76. The van der Waals surface area contributed by atoms with Crippen LogP contribution in [0.25, 0.3) is 0 Å². The molecule has 1 aliphatic rings. The van der Waals surface area contributed by atoms with Gasteiger partial charge in [0.2, 0.25) is 11.8 Å². The van der Waals surface area contributed by atoms with E-state index in [0.29, 0.717) is 12.1 Å². The van der Waals surface area contributed by atoms with E-state index >= 15 is 0 Å². The Morgan fingerprint density at radius 2 is 1.96 bits per heavy atom. The van der Waals surface area contributed by atoms with Crippen LogP contribution in [0.4, 0.5) is 11.4 Å². The van der Waals surface area contributed by atoms with Gasteiger partial charge in [-0.15, -0.1) is 11.8 Å². The van der Waals surface area contributed by atoms with Gasteiger partial charge in [0.25, 0.3) is 0 Å². The number of thioether (sulfide) groups is 1. The first kappa shape index (κ1) is 16.4. The molecule has 2 amide bonds. The number of hydrogen-bond donors (Lipinski definition) is 3. The third-order valence-corrected chi connectivity index (χ3v) is 5.09. The van der Waals surface area contributed by atoms with Crippen molar-refractivity contribution in [3.05, 3.63) is 54.1 Å². The van der Waals surface area contributed by atoms with Gasteiger partial charge in [-0.1, -0.05) is 18.2 Å². The lowest BCUT2D eigenvalue weighted by molar-refractivity contribution is -0.115. The maximum absolute atomic E-state index is 12.3. The largest absolute Gasteiger partial charge is 0.508 e. The fourth-order valence-corrected chi connectivity index (χ4v) is 3.49. The molecule has 124 valence electrons. The molecule has 0 spiro atoms. The van der Waals surface area contributed by atoms with Gasteiger partial charge < -0.3 is 15.7 Å². The minimum atomic E-state index is -0.247. The number of rotatable bonds is 4. The Morgan fingerprint density at radius 1 is 1.21 bits per heavy atom. The second-order valence-electron chi connectivity index (χ2n) is 5.58. The number of anilines is 2. The molecular weight excluding hydrogens is 324 g/mol. The topological polar surface area (TPSA) is 78.4 Å². The summed E-state index contributed by atoms with van der Waals surface area (Å²) in [7, 11) is 0. The van der Waals surface area contributed by atoms with Crippen molar-refractivity contribution in [3.63, 3.8) is 0 Å². The molecule has 1 atom stereocenters. The minimum absolute atomic E-state index is 0.0533. The molecule has 2 aromatic carbocycles. The molecule has 0 aromatic heterocycles. The molecule has 2 aromatic rings. The number of aromatic hydroxyl groups is 1. The van der Waals surface area contributed by atoms with Crippen molar-refractivity contribution < 1.29 is 14.7 Å². The van der Waals surface area contributed by atoms with Crippen molar-refractivity contribution in [2.24, 2.45) is 0 Å². The Kier molecular flexibility index (Phi) is 5.05. The number of fused-ring (bicyclic) bond motifs is 1. The Hall–Kier alpha value is -2.47. The standard InChI is InChI=1S/C18H18N2O3S/c21-14-8-6-13(7-9-14)19-17(22)11-24-16-10-5-12-3-1-2-4-15(12)20-18(16)23/h1-4,6-9,16,21H,5,10-11H2,(H,19,22)(H,20,23)/t16-/m0/s1. The summed E-state index contributed by atoms with van der Waals surface area (Å²) in [6.45, 7) is 0. The number of phenols is 1. The average molecular weight is 342 g/mol. The fraction of sp³-hybridized carbons (Fsp3) is 0.222. The summed E-state index contributed by atoms with van der Waals surface area (Å²) in [4.78, 5) is 24.3. The smallest absolute Gasteiger partial charge is 0.237 e. The number of carbonyl (C=O) groups is 2. The Balaban J connectivity index is 1.54. The molecule has 3 N–H and O–H groups in total. The first-order chi connectivity index (χ1) is 11.6. The zero-order valence-electron chi connectivity index (χ0n) is 13.0. The van der Waals surface area contributed by atoms with Gasteiger partial charge >= 0.3 is 0 Å². The van der Waals surface area contributed by atoms with Gasteiger partial charge in [0, 0.05) is 11.4 Å². The second-order valence-corrected chi connectivity index (χ2v) is 6.77. The molecule has 0 saturated heterocycles. The molecule has 0 saturated carbocycles. The van der Waals surface area contributed by atoms with Crippen LogP contribution < -0.4 is 10.6 Å². The Labute approximate surface area is 144 Å². The molecule has 0 fully saturated rings. The molecule has 5 nitrogen and oxygen atoms in total. The second kappa shape index (κ2) is 7.40. The van der Waals surface area contributed by atoms with Crippen LogP contribution in [0, 0.1) is 0 Å². The van der Waals surface area contributed by atoms with E-state index in [-0.39, 0.29) is 28.6 Å². The summed E-state index contributed by atoms with van der Waals surface area (Å²) in [5.74, 6) is 0.134. The van der Waals surface area contributed by atoms with E-state index in [2.05, 4.69) is 10.6 Å². The van der Waals surface area contributed by atoms with Crippen LogP contribution in [0.15, 0.2) is 48.5 Å². The molecule has 0 radical (unpaired) electrons. The van der Waals surface area contributed by atoms with Crippen LogP contribution >= 0.6 is 11.8 Å². The molecule has 24 heavy (non-hydrogen) atoms. The third-order valence-electron chi connectivity index (χ3n) is 3.81. The maximum Gasteiger partial charge on any atom is 0.237 e. The summed E-state index contributed by atoms with van der Waals surface area (Å²) >= 11 is 1.35. The number of phenolic OH excluding ortho intramolecular Hbond substituents is 1. The summed E-state index contributed by atoms with van der Waals surface area (Å²) < 4.78 is 0. The molecule has 0 bridgehead atoms. The Bertz CT molecular complexity index is 746. The van der Waals surface area contributed by atoms with Gasteiger partial charge in [0.05, 0.1) is 11.0 Å². The molecule has 6 heteroatoms. The van der Waals surface area contributed by atoms with Crippen molar-refractivity contribution in [2.45, 2.75) is 18.1 Å². The highest BCUT2D eigenvalue weighted by Crippen LogP contribution is 2.27. The average Bonchev–Trinajstić information content (AvgIpc) is 2.73. The summed E-state index contributed by atoms with van der Waals surface area (Å²) in [5.41, 5.74) is 2.61. The predicted molar refractivity (Wildman–Crippen MR) is 96.4 cm³/mol. The number of hydrogen-bond acceptors (Lipinski definition) is 4. The summed E-state index contributed by atoms with van der Waals surface area (Å²) in [5, 5.41) is 14.7. The lowest BCUT2D eigenvalue weighted by atomic mass is 10.1. The highest BCUT2D eigenvalue weighted by molar-refractivity contribution is 8.01. The third kappa shape index (κ3) is 4.08. The number of benzene rings is 2. The highest BCUT2D eigenvalue weighted by atomic mass is 32.2. The van der Waals surface area contributed by atoms with Gasteiger partial charge in [-0.2, -0.15) is 0 Å². The molecule has 3 rings (SSSR count). The van der Waals surface area contributed by atoms with Gasteiger partial charge in [-0.25, -0.2) is 0 Å². The lowest BCUT2D eigenvalue weighted by Crippen LogP contribution is -2.26. The van der Waals surface area contributed by atoms with Crippen molar-refractivity contribution in [3.8, 4) is 5.75 Å². The van der Waals surface area contributed by atoms with E-state index in [0.717, 1.165) is 17.7 Å². The number of amides is 2. The van der Waals surface area contributed by atoms with Crippen LogP contribution in [-0.4, -0.2) is 27.9 Å². The number of para-hydroxylation sites is 1. The van der Waals surface area contributed by atoms with E-state index in [1.807, 2.05) is 24.3 Å². The molecular formula is C18H18N2O3S. The van der Waals surface area contributed by atoms with Crippen molar-refractivity contribution in [1.29, 1.82) is 0 Å². The first-order valence-electron chi connectivity index (χ1n) is 7.71. The zero-order valence-corrected chi connectivity index (χ0v) is 13.8. The van der Waals surface area contributed by atoms with Crippen LogP contribution in [0.2, 0.25) is 0 Å². The van der Waals surface area contributed by atoms with Crippen LogP contribution in [0.5, 0.6) is 5.75 Å². The van der Waals surface area contributed by atoms with Crippen molar-refractivity contribution in [2.75, 3.05) is 16.4 Å². The van der Waals surface area contributed by atoms with E-state index in [1.54, 1.807) is 12.1 Å². The molecule has 1 heterocycles. The van der Waals surface area contributed by atoms with E-state index in [4.69, 9.17) is 0 Å². The normalized spacial score (nSPS) is 16.7.